The Hall–Kier alpha value is -1.47. The van der Waals surface area contributed by atoms with E-state index in [9.17, 15) is 17.6 Å². The summed E-state index contributed by atoms with van der Waals surface area (Å²) in [5.41, 5.74) is -0.112. The maximum Gasteiger partial charge on any atom is 0.251 e. The van der Waals surface area contributed by atoms with Gasteiger partial charge in [0.1, 0.15) is 5.82 Å². The smallest absolute Gasteiger partial charge is 0.251 e. The zero-order valence-corrected chi connectivity index (χ0v) is 12.0. The van der Waals surface area contributed by atoms with Gasteiger partial charge in [0.15, 0.2) is 0 Å². The minimum absolute atomic E-state index is 0.0311. The molecule has 3 N–H and O–H groups in total. The first kappa shape index (κ1) is 14.9. The van der Waals surface area contributed by atoms with Gasteiger partial charge in [0.05, 0.1) is 4.90 Å². The maximum atomic E-state index is 13.7. The van der Waals surface area contributed by atoms with Gasteiger partial charge in [-0.2, -0.15) is 0 Å². The highest BCUT2D eigenvalue weighted by Gasteiger charge is 2.21. The SMILES string of the molecule is Cc1c(F)cc(C(=O)NCC2CCC2)cc1S(N)(=O)=O. The van der Waals surface area contributed by atoms with Crippen molar-refractivity contribution in [3.8, 4) is 0 Å². The lowest BCUT2D eigenvalue weighted by atomic mass is 9.85. The lowest BCUT2D eigenvalue weighted by molar-refractivity contribution is 0.0938. The molecule has 2 rings (SSSR count). The Bertz CT molecular complexity index is 639. The van der Waals surface area contributed by atoms with E-state index in [-0.39, 0.29) is 16.0 Å². The van der Waals surface area contributed by atoms with E-state index in [1.807, 2.05) is 0 Å². The summed E-state index contributed by atoms with van der Waals surface area (Å²) in [5, 5.41) is 7.71. The lowest BCUT2D eigenvalue weighted by Gasteiger charge is -2.25. The fourth-order valence-electron chi connectivity index (χ4n) is 2.12. The van der Waals surface area contributed by atoms with Crippen molar-refractivity contribution in [1.82, 2.24) is 5.32 Å². The molecule has 7 heteroatoms. The van der Waals surface area contributed by atoms with Crippen molar-refractivity contribution in [3.05, 3.63) is 29.1 Å². The van der Waals surface area contributed by atoms with Crippen LogP contribution in [0.4, 0.5) is 4.39 Å². The van der Waals surface area contributed by atoms with Crippen molar-refractivity contribution in [2.75, 3.05) is 6.54 Å². The van der Waals surface area contributed by atoms with Crippen molar-refractivity contribution in [2.24, 2.45) is 11.1 Å². The molecule has 1 aromatic carbocycles. The van der Waals surface area contributed by atoms with E-state index in [1.165, 1.54) is 6.92 Å². The van der Waals surface area contributed by atoms with Crippen LogP contribution in [0.2, 0.25) is 0 Å². The number of benzene rings is 1. The largest absolute Gasteiger partial charge is 0.352 e. The van der Waals surface area contributed by atoms with E-state index in [0.29, 0.717) is 12.5 Å². The van der Waals surface area contributed by atoms with Gasteiger partial charge in [-0.05, 0) is 37.8 Å². The number of nitrogens with one attached hydrogen (secondary N) is 1. The van der Waals surface area contributed by atoms with Crippen LogP contribution in [0.5, 0.6) is 0 Å². The average molecular weight is 300 g/mol. The van der Waals surface area contributed by atoms with Gasteiger partial charge in [-0.15, -0.1) is 0 Å². The Morgan fingerprint density at radius 2 is 2.10 bits per heavy atom. The second kappa shape index (κ2) is 5.49. The quantitative estimate of drug-likeness (QED) is 0.878. The van der Waals surface area contributed by atoms with Crippen molar-refractivity contribution >= 4 is 15.9 Å². The van der Waals surface area contributed by atoms with Crippen LogP contribution in [0.15, 0.2) is 17.0 Å². The van der Waals surface area contributed by atoms with E-state index in [0.717, 1.165) is 31.4 Å². The maximum absolute atomic E-state index is 13.7. The molecule has 0 unspecified atom stereocenters. The summed E-state index contributed by atoms with van der Waals surface area (Å²) in [6.07, 6.45) is 3.31. The first-order valence-corrected chi connectivity index (χ1v) is 7.95. The minimum atomic E-state index is -4.06. The van der Waals surface area contributed by atoms with Crippen LogP contribution < -0.4 is 10.5 Å². The van der Waals surface area contributed by atoms with Crippen molar-refractivity contribution < 1.29 is 17.6 Å². The number of carbonyl (C=O) groups excluding carboxylic acids is 1. The zero-order valence-electron chi connectivity index (χ0n) is 11.1. The molecule has 1 saturated carbocycles. The number of hydrogen-bond donors (Lipinski definition) is 2. The Labute approximate surface area is 117 Å². The first-order chi connectivity index (χ1) is 9.29. The predicted molar refractivity (Wildman–Crippen MR) is 72.2 cm³/mol. The van der Waals surface area contributed by atoms with E-state index < -0.39 is 21.7 Å². The lowest BCUT2D eigenvalue weighted by Crippen LogP contribution is -2.32. The van der Waals surface area contributed by atoms with Crippen LogP contribution in [0, 0.1) is 18.7 Å². The second-order valence-corrected chi connectivity index (χ2v) is 6.66. The molecule has 1 amide bonds. The topological polar surface area (TPSA) is 89.3 Å². The highest BCUT2D eigenvalue weighted by molar-refractivity contribution is 7.89. The molecule has 0 aliphatic heterocycles. The monoisotopic (exact) mass is 300 g/mol. The number of nitrogens with two attached hydrogens (primary N) is 1. The molecule has 0 aromatic heterocycles. The molecule has 1 aliphatic carbocycles. The van der Waals surface area contributed by atoms with Gasteiger partial charge in [0.25, 0.3) is 5.91 Å². The Morgan fingerprint density at radius 1 is 1.45 bits per heavy atom. The van der Waals surface area contributed by atoms with Gasteiger partial charge < -0.3 is 5.32 Å². The van der Waals surface area contributed by atoms with Gasteiger partial charge in [0, 0.05) is 17.7 Å². The molecule has 20 heavy (non-hydrogen) atoms. The van der Waals surface area contributed by atoms with E-state index in [2.05, 4.69) is 5.32 Å². The first-order valence-electron chi connectivity index (χ1n) is 6.40. The van der Waals surface area contributed by atoms with Gasteiger partial charge in [-0.1, -0.05) is 6.42 Å². The number of carbonyl (C=O) groups is 1. The molecule has 0 bridgehead atoms. The molecule has 1 aromatic rings. The van der Waals surface area contributed by atoms with Gasteiger partial charge in [-0.3, -0.25) is 4.79 Å². The minimum Gasteiger partial charge on any atom is -0.352 e. The van der Waals surface area contributed by atoms with Crippen LogP contribution in [0.1, 0.15) is 35.2 Å². The Kier molecular flexibility index (Phi) is 4.10. The van der Waals surface area contributed by atoms with Gasteiger partial charge >= 0.3 is 0 Å². The molecular weight excluding hydrogens is 283 g/mol. The highest BCUT2D eigenvalue weighted by atomic mass is 32.2. The molecule has 0 spiro atoms. The average Bonchev–Trinajstić information content (AvgIpc) is 2.28. The van der Waals surface area contributed by atoms with Crippen molar-refractivity contribution in [3.63, 3.8) is 0 Å². The summed E-state index contributed by atoms with van der Waals surface area (Å²) < 4.78 is 36.5. The van der Waals surface area contributed by atoms with Crippen LogP contribution >= 0.6 is 0 Å². The van der Waals surface area contributed by atoms with Crippen LogP contribution in [-0.4, -0.2) is 20.9 Å². The molecule has 5 nitrogen and oxygen atoms in total. The van der Waals surface area contributed by atoms with E-state index >= 15 is 0 Å². The zero-order chi connectivity index (χ0) is 14.9. The third-order valence-corrected chi connectivity index (χ3v) is 4.68. The highest BCUT2D eigenvalue weighted by Crippen LogP contribution is 2.25. The summed E-state index contributed by atoms with van der Waals surface area (Å²) in [6, 6.07) is 2.14. The standard InChI is InChI=1S/C13H17FN2O3S/c1-8-11(14)5-10(6-12(8)20(15,18)19)13(17)16-7-9-3-2-4-9/h5-6,9H,2-4,7H2,1H3,(H,16,17)(H2,15,18,19). The number of rotatable bonds is 4. The van der Waals surface area contributed by atoms with E-state index in [4.69, 9.17) is 5.14 Å². The number of hydrogen-bond acceptors (Lipinski definition) is 3. The Balaban J connectivity index is 2.23. The third kappa shape index (κ3) is 3.16. The number of sulfonamides is 1. The molecule has 0 saturated heterocycles. The molecule has 110 valence electrons. The summed E-state index contributed by atoms with van der Waals surface area (Å²) in [7, 11) is -4.06. The van der Waals surface area contributed by atoms with Crippen LogP contribution in [-0.2, 0) is 10.0 Å². The molecule has 0 heterocycles. The van der Waals surface area contributed by atoms with Gasteiger partial charge in [0.2, 0.25) is 10.0 Å². The summed E-state index contributed by atoms with van der Waals surface area (Å²) in [5.74, 6) is -0.780. The van der Waals surface area contributed by atoms with Crippen molar-refractivity contribution in [1.29, 1.82) is 0 Å². The molecule has 0 radical (unpaired) electrons. The fourth-order valence-corrected chi connectivity index (χ4v) is 2.93. The normalized spacial score (nSPS) is 15.8. The summed E-state index contributed by atoms with van der Waals surface area (Å²) in [4.78, 5) is 11.6. The number of primary sulfonamides is 1. The van der Waals surface area contributed by atoms with Gasteiger partial charge in [-0.25, -0.2) is 17.9 Å². The third-order valence-electron chi connectivity index (χ3n) is 3.64. The second-order valence-electron chi connectivity index (χ2n) is 5.13. The molecular formula is C13H17FN2O3S. The number of amides is 1. The van der Waals surface area contributed by atoms with Crippen LogP contribution in [0.3, 0.4) is 0 Å². The molecule has 1 aliphatic rings. The fraction of sp³-hybridized carbons (Fsp3) is 0.462. The summed E-state index contributed by atoms with van der Waals surface area (Å²) >= 11 is 0. The molecule has 1 fully saturated rings. The van der Waals surface area contributed by atoms with Crippen molar-refractivity contribution in [2.45, 2.75) is 31.1 Å². The predicted octanol–water partition coefficient (Wildman–Crippen LogP) is 1.31. The Morgan fingerprint density at radius 3 is 2.60 bits per heavy atom. The number of halogens is 1. The summed E-state index contributed by atoms with van der Waals surface area (Å²) in [6.45, 7) is 1.84. The van der Waals surface area contributed by atoms with Crippen LogP contribution in [0.25, 0.3) is 0 Å². The molecule has 0 atom stereocenters. The van der Waals surface area contributed by atoms with E-state index in [1.54, 1.807) is 0 Å².